The fourth-order valence-corrected chi connectivity index (χ4v) is 4.22. The Morgan fingerprint density at radius 2 is 2.07 bits per heavy atom. The standard InChI is InChI=1S/C24H37N5O/c1-5-25-24(26-14-9-12-23-19(3)28-30-20(23)4)27-22-13-15-29(18(2)16-22)17-21-10-7-6-8-11-21/h6-8,10-11,18,22H,5,9,12-17H2,1-4H3,(H2,25,26,27). The Labute approximate surface area is 181 Å². The van der Waals surface area contributed by atoms with Gasteiger partial charge >= 0.3 is 0 Å². The summed E-state index contributed by atoms with van der Waals surface area (Å²) < 4.78 is 5.25. The lowest BCUT2D eigenvalue weighted by Crippen LogP contribution is -2.51. The number of nitrogens with zero attached hydrogens (tertiary/aromatic N) is 3. The zero-order valence-corrected chi connectivity index (χ0v) is 18.9. The number of hydrogen-bond acceptors (Lipinski definition) is 4. The number of hydrogen-bond donors (Lipinski definition) is 2. The van der Waals surface area contributed by atoms with Crippen LogP contribution < -0.4 is 10.6 Å². The molecule has 0 saturated carbocycles. The van der Waals surface area contributed by atoms with Crippen LogP contribution in [0.3, 0.4) is 0 Å². The second-order valence-electron chi connectivity index (χ2n) is 8.34. The Balaban J connectivity index is 1.47. The number of rotatable bonds is 8. The molecule has 0 aliphatic carbocycles. The molecule has 3 rings (SSSR count). The van der Waals surface area contributed by atoms with Crippen LogP contribution in [-0.4, -0.2) is 47.7 Å². The zero-order valence-electron chi connectivity index (χ0n) is 18.9. The van der Waals surface area contributed by atoms with Gasteiger partial charge in [-0.15, -0.1) is 0 Å². The topological polar surface area (TPSA) is 65.7 Å². The first-order valence-corrected chi connectivity index (χ1v) is 11.3. The average Bonchev–Trinajstić information content (AvgIpc) is 3.06. The molecule has 6 nitrogen and oxygen atoms in total. The molecule has 0 radical (unpaired) electrons. The van der Waals surface area contributed by atoms with Crippen molar-refractivity contribution in [1.82, 2.24) is 20.7 Å². The molecule has 30 heavy (non-hydrogen) atoms. The summed E-state index contributed by atoms with van der Waals surface area (Å²) in [6.07, 6.45) is 4.22. The van der Waals surface area contributed by atoms with Gasteiger partial charge < -0.3 is 15.2 Å². The van der Waals surface area contributed by atoms with E-state index in [2.05, 4.69) is 64.9 Å². The summed E-state index contributed by atoms with van der Waals surface area (Å²) in [5.74, 6) is 1.86. The summed E-state index contributed by atoms with van der Waals surface area (Å²) >= 11 is 0. The predicted octanol–water partition coefficient (Wildman–Crippen LogP) is 3.83. The molecule has 1 aromatic carbocycles. The van der Waals surface area contributed by atoms with Crippen LogP contribution in [0.2, 0.25) is 0 Å². The molecule has 1 aromatic heterocycles. The smallest absolute Gasteiger partial charge is 0.191 e. The molecular weight excluding hydrogens is 374 g/mol. The molecule has 2 heterocycles. The third kappa shape index (κ3) is 6.33. The number of benzene rings is 1. The van der Waals surface area contributed by atoms with E-state index in [1.165, 1.54) is 11.1 Å². The third-order valence-corrected chi connectivity index (χ3v) is 5.96. The molecule has 0 bridgehead atoms. The number of aliphatic imine (C=N–C) groups is 1. The first-order chi connectivity index (χ1) is 14.6. The van der Waals surface area contributed by atoms with Crippen LogP contribution in [0, 0.1) is 13.8 Å². The molecule has 6 heteroatoms. The van der Waals surface area contributed by atoms with Crippen molar-refractivity contribution < 1.29 is 4.52 Å². The van der Waals surface area contributed by atoms with Crippen LogP contribution in [0.5, 0.6) is 0 Å². The monoisotopic (exact) mass is 411 g/mol. The van der Waals surface area contributed by atoms with E-state index in [1.54, 1.807) is 0 Å². The summed E-state index contributed by atoms with van der Waals surface area (Å²) in [6.45, 7) is 12.3. The predicted molar refractivity (Wildman–Crippen MR) is 123 cm³/mol. The number of nitrogens with one attached hydrogen (secondary N) is 2. The Morgan fingerprint density at radius 3 is 2.73 bits per heavy atom. The Morgan fingerprint density at radius 1 is 1.27 bits per heavy atom. The van der Waals surface area contributed by atoms with Crippen LogP contribution in [-0.2, 0) is 13.0 Å². The van der Waals surface area contributed by atoms with Gasteiger partial charge in [0, 0.05) is 43.8 Å². The van der Waals surface area contributed by atoms with Gasteiger partial charge in [0.05, 0.1) is 5.69 Å². The summed E-state index contributed by atoms with van der Waals surface area (Å²) in [5, 5.41) is 11.1. The summed E-state index contributed by atoms with van der Waals surface area (Å²) in [6, 6.07) is 11.8. The van der Waals surface area contributed by atoms with Gasteiger partial charge in [-0.1, -0.05) is 35.5 Å². The van der Waals surface area contributed by atoms with Crippen molar-refractivity contribution in [2.45, 2.75) is 72.0 Å². The highest BCUT2D eigenvalue weighted by molar-refractivity contribution is 5.80. The number of likely N-dealkylation sites (tertiary alicyclic amines) is 1. The Hall–Kier alpha value is -2.34. The van der Waals surface area contributed by atoms with Gasteiger partial charge in [0.1, 0.15) is 5.76 Å². The van der Waals surface area contributed by atoms with E-state index in [0.717, 1.165) is 69.3 Å². The summed E-state index contributed by atoms with van der Waals surface area (Å²) in [5.41, 5.74) is 3.62. The van der Waals surface area contributed by atoms with Gasteiger partial charge in [0.2, 0.25) is 0 Å². The Kier molecular flexibility index (Phi) is 8.31. The van der Waals surface area contributed by atoms with Crippen LogP contribution in [0.15, 0.2) is 39.8 Å². The molecule has 1 aliphatic heterocycles. The van der Waals surface area contributed by atoms with Crippen molar-refractivity contribution in [3.63, 3.8) is 0 Å². The lowest BCUT2D eigenvalue weighted by atomic mass is 9.97. The lowest BCUT2D eigenvalue weighted by Gasteiger charge is -2.38. The van der Waals surface area contributed by atoms with E-state index in [9.17, 15) is 0 Å². The minimum atomic E-state index is 0.465. The molecule has 164 valence electrons. The van der Waals surface area contributed by atoms with Gasteiger partial charge in [-0.3, -0.25) is 9.89 Å². The van der Waals surface area contributed by atoms with Crippen molar-refractivity contribution in [3.8, 4) is 0 Å². The fourth-order valence-electron chi connectivity index (χ4n) is 4.22. The quantitative estimate of drug-likeness (QED) is 0.393. The van der Waals surface area contributed by atoms with E-state index in [4.69, 9.17) is 9.52 Å². The van der Waals surface area contributed by atoms with Gasteiger partial charge in [-0.05, 0) is 58.9 Å². The third-order valence-electron chi connectivity index (χ3n) is 5.96. The van der Waals surface area contributed by atoms with Gasteiger partial charge in [0.25, 0.3) is 0 Å². The van der Waals surface area contributed by atoms with E-state index >= 15 is 0 Å². The molecular formula is C24H37N5O. The SMILES string of the molecule is CCNC(=NCCCc1c(C)noc1C)NC1CCN(Cc2ccccc2)C(C)C1. The van der Waals surface area contributed by atoms with Crippen molar-refractivity contribution in [3.05, 3.63) is 52.9 Å². The van der Waals surface area contributed by atoms with Crippen molar-refractivity contribution in [1.29, 1.82) is 0 Å². The van der Waals surface area contributed by atoms with E-state index < -0.39 is 0 Å². The molecule has 1 saturated heterocycles. The molecule has 2 aromatic rings. The molecule has 1 fully saturated rings. The number of guanidine groups is 1. The van der Waals surface area contributed by atoms with Gasteiger partial charge in [-0.25, -0.2) is 0 Å². The molecule has 2 N–H and O–H groups in total. The molecule has 2 unspecified atom stereocenters. The minimum absolute atomic E-state index is 0.465. The van der Waals surface area contributed by atoms with Gasteiger partial charge in [0.15, 0.2) is 5.96 Å². The summed E-state index contributed by atoms with van der Waals surface area (Å²) in [7, 11) is 0. The van der Waals surface area contributed by atoms with Crippen LogP contribution >= 0.6 is 0 Å². The minimum Gasteiger partial charge on any atom is -0.361 e. The molecule has 0 spiro atoms. The van der Waals surface area contributed by atoms with Crippen LogP contribution in [0.1, 0.15) is 55.7 Å². The Bertz CT molecular complexity index is 782. The van der Waals surface area contributed by atoms with Crippen LogP contribution in [0.25, 0.3) is 0 Å². The highest BCUT2D eigenvalue weighted by Crippen LogP contribution is 2.20. The fraction of sp³-hybridized carbons (Fsp3) is 0.583. The van der Waals surface area contributed by atoms with Crippen molar-refractivity contribution in [2.24, 2.45) is 4.99 Å². The highest BCUT2D eigenvalue weighted by Gasteiger charge is 2.25. The zero-order chi connectivity index (χ0) is 21.3. The second-order valence-corrected chi connectivity index (χ2v) is 8.34. The summed E-state index contributed by atoms with van der Waals surface area (Å²) in [4.78, 5) is 7.39. The average molecular weight is 412 g/mol. The largest absolute Gasteiger partial charge is 0.361 e. The maximum absolute atomic E-state index is 5.25. The maximum Gasteiger partial charge on any atom is 0.191 e. The highest BCUT2D eigenvalue weighted by atomic mass is 16.5. The van der Waals surface area contributed by atoms with E-state index in [0.29, 0.717) is 12.1 Å². The number of piperidine rings is 1. The van der Waals surface area contributed by atoms with Gasteiger partial charge in [-0.2, -0.15) is 0 Å². The normalized spacial score (nSPS) is 20.3. The lowest BCUT2D eigenvalue weighted by molar-refractivity contribution is 0.134. The number of aryl methyl sites for hydroxylation is 2. The first kappa shape index (κ1) is 22.3. The van der Waals surface area contributed by atoms with E-state index in [-0.39, 0.29) is 0 Å². The molecule has 0 amide bonds. The van der Waals surface area contributed by atoms with Crippen LogP contribution in [0.4, 0.5) is 0 Å². The molecule has 1 aliphatic rings. The first-order valence-electron chi connectivity index (χ1n) is 11.3. The maximum atomic E-state index is 5.25. The van der Waals surface area contributed by atoms with Crippen molar-refractivity contribution in [2.75, 3.05) is 19.6 Å². The molecule has 2 atom stereocenters. The van der Waals surface area contributed by atoms with E-state index in [1.807, 2.05) is 13.8 Å². The van der Waals surface area contributed by atoms with Crippen molar-refractivity contribution >= 4 is 5.96 Å². The number of aromatic nitrogens is 1. The second kappa shape index (κ2) is 11.2.